The molecule has 0 saturated carbocycles. The van der Waals surface area contributed by atoms with E-state index in [4.69, 9.17) is 0 Å². The van der Waals surface area contributed by atoms with Gasteiger partial charge in [0, 0.05) is 12.0 Å². The Labute approximate surface area is 175 Å². The molecule has 2 N–H and O–H groups in total. The van der Waals surface area contributed by atoms with Gasteiger partial charge in [0.2, 0.25) is 5.91 Å². The molecular weight excluding hydrogens is 422 g/mol. The molecule has 0 atom stereocenters. The van der Waals surface area contributed by atoms with Gasteiger partial charge < -0.3 is 10.6 Å². The summed E-state index contributed by atoms with van der Waals surface area (Å²) in [6, 6.07) is 10.8. The van der Waals surface area contributed by atoms with E-state index in [2.05, 4.69) is 10.6 Å². The van der Waals surface area contributed by atoms with Crippen LogP contribution in [0.1, 0.15) is 35.1 Å². The summed E-state index contributed by atoms with van der Waals surface area (Å²) >= 11 is 0. The van der Waals surface area contributed by atoms with Crippen LogP contribution < -0.4 is 10.6 Å². The molecule has 1 amide bonds. The molecular formula is C22H22F6N2O. The fraction of sp³-hybridized carbons (Fsp3) is 0.409. The van der Waals surface area contributed by atoms with Gasteiger partial charge in [0.1, 0.15) is 0 Å². The molecule has 2 aromatic carbocycles. The lowest BCUT2D eigenvalue weighted by Gasteiger charge is -2.38. The number of alkyl halides is 6. The minimum absolute atomic E-state index is 0.0564. The number of hydrogen-bond acceptors (Lipinski definition) is 2. The van der Waals surface area contributed by atoms with Gasteiger partial charge in [0.25, 0.3) is 0 Å². The van der Waals surface area contributed by atoms with Gasteiger partial charge in [-0.15, -0.1) is 0 Å². The van der Waals surface area contributed by atoms with Gasteiger partial charge in [-0.2, -0.15) is 26.3 Å². The van der Waals surface area contributed by atoms with Crippen molar-refractivity contribution < 1.29 is 31.1 Å². The molecule has 2 aromatic rings. The molecule has 168 valence electrons. The first-order valence-electron chi connectivity index (χ1n) is 9.81. The summed E-state index contributed by atoms with van der Waals surface area (Å²) in [5.74, 6) is -0.624. The molecule has 0 aromatic heterocycles. The smallest absolute Gasteiger partial charge is 0.355 e. The average molecular weight is 444 g/mol. The molecule has 0 aliphatic carbocycles. The van der Waals surface area contributed by atoms with E-state index >= 15 is 0 Å². The number of hydrogen-bond donors (Lipinski definition) is 2. The molecule has 0 radical (unpaired) electrons. The number of halogens is 6. The Hall–Kier alpha value is -2.55. The van der Waals surface area contributed by atoms with Crippen molar-refractivity contribution in [1.82, 2.24) is 10.6 Å². The second kappa shape index (κ2) is 8.90. The number of benzene rings is 2. The van der Waals surface area contributed by atoms with E-state index in [1.54, 1.807) is 0 Å². The maximum absolute atomic E-state index is 13.0. The molecule has 1 aliphatic heterocycles. The van der Waals surface area contributed by atoms with Crippen molar-refractivity contribution in [1.29, 1.82) is 0 Å². The number of carbonyl (C=O) groups excluding carboxylic acids is 1. The van der Waals surface area contributed by atoms with E-state index in [0.29, 0.717) is 12.1 Å². The number of carbonyl (C=O) groups is 1. The normalized spacial score (nSPS) is 16.7. The third-order valence-electron chi connectivity index (χ3n) is 5.58. The van der Waals surface area contributed by atoms with Crippen molar-refractivity contribution in [3.8, 4) is 0 Å². The second-order valence-corrected chi connectivity index (χ2v) is 7.76. The van der Waals surface area contributed by atoms with E-state index in [1.165, 1.54) is 0 Å². The molecule has 0 unspecified atom stereocenters. The molecule has 0 bridgehead atoms. The second-order valence-electron chi connectivity index (χ2n) is 7.76. The lowest BCUT2D eigenvalue weighted by Crippen LogP contribution is -2.47. The summed E-state index contributed by atoms with van der Waals surface area (Å²) in [4.78, 5) is 12.5. The van der Waals surface area contributed by atoms with E-state index < -0.39 is 35.8 Å². The van der Waals surface area contributed by atoms with Gasteiger partial charge in [-0.1, -0.05) is 30.3 Å². The molecule has 3 rings (SSSR count). The van der Waals surface area contributed by atoms with Crippen molar-refractivity contribution in [3.05, 3.63) is 70.8 Å². The SMILES string of the molecule is O=C(Cc1cc(C(F)(F)F)cc(C(F)(F)F)c1)NCC1(c2ccccc2)CCNCC1. The Morgan fingerprint density at radius 1 is 0.903 bits per heavy atom. The standard InChI is InChI=1S/C22H22F6N2O/c23-21(24,25)17-10-15(11-18(13-17)22(26,27)28)12-19(31)30-14-20(6-8-29-9-7-20)16-4-2-1-3-5-16/h1-5,10-11,13,29H,6-9,12,14H2,(H,30,31). The first-order valence-corrected chi connectivity index (χ1v) is 9.81. The van der Waals surface area contributed by atoms with Crippen LogP contribution in [0.5, 0.6) is 0 Å². The predicted molar refractivity (Wildman–Crippen MR) is 103 cm³/mol. The molecule has 31 heavy (non-hydrogen) atoms. The highest BCUT2D eigenvalue weighted by atomic mass is 19.4. The number of rotatable bonds is 5. The Bertz CT molecular complexity index is 870. The Morgan fingerprint density at radius 2 is 1.45 bits per heavy atom. The van der Waals surface area contributed by atoms with Crippen LogP contribution in [-0.4, -0.2) is 25.5 Å². The van der Waals surface area contributed by atoms with Crippen molar-refractivity contribution in [3.63, 3.8) is 0 Å². The first-order chi connectivity index (χ1) is 14.5. The highest BCUT2D eigenvalue weighted by Gasteiger charge is 2.37. The fourth-order valence-electron chi connectivity index (χ4n) is 3.90. The minimum Gasteiger partial charge on any atom is -0.355 e. The molecule has 3 nitrogen and oxygen atoms in total. The van der Waals surface area contributed by atoms with Crippen molar-refractivity contribution in [2.75, 3.05) is 19.6 Å². The van der Waals surface area contributed by atoms with Crippen molar-refractivity contribution in [2.45, 2.75) is 37.0 Å². The van der Waals surface area contributed by atoms with Gasteiger partial charge in [-0.05, 0) is 55.3 Å². The summed E-state index contributed by atoms with van der Waals surface area (Å²) in [5, 5.41) is 5.98. The monoisotopic (exact) mass is 444 g/mol. The zero-order valence-electron chi connectivity index (χ0n) is 16.5. The quantitative estimate of drug-likeness (QED) is 0.657. The zero-order chi connectivity index (χ0) is 22.7. The number of amides is 1. The van der Waals surface area contributed by atoms with Crippen LogP contribution in [-0.2, 0) is 29.0 Å². The zero-order valence-corrected chi connectivity index (χ0v) is 16.5. The maximum Gasteiger partial charge on any atom is 0.416 e. The van der Waals surface area contributed by atoms with Crippen LogP contribution in [0.4, 0.5) is 26.3 Å². The van der Waals surface area contributed by atoms with E-state index in [1.807, 2.05) is 30.3 Å². The molecule has 9 heteroatoms. The lowest BCUT2D eigenvalue weighted by atomic mass is 9.73. The number of piperidine rings is 1. The highest BCUT2D eigenvalue weighted by Crippen LogP contribution is 2.36. The first kappa shape index (κ1) is 23.1. The topological polar surface area (TPSA) is 41.1 Å². The summed E-state index contributed by atoms with van der Waals surface area (Å²) in [5.41, 5.74) is -2.49. The lowest BCUT2D eigenvalue weighted by molar-refractivity contribution is -0.143. The molecule has 1 aliphatic rings. The third kappa shape index (κ3) is 5.78. The molecule has 1 saturated heterocycles. The summed E-state index contributed by atoms with van der Waals surface area (Å²) in [6.07, 6.45) is -8.97. The Morgan fingerprint density at radius 3 is 1.97 bits per heavy atom. The highest BCUT2D eigenvalue weighted by molar-refractivity contribution is 5.78. The van der Waals surface area contributed by atoms with Gasteiger partial charge >= 0.3 is 12.4 Å². The van der Waals surface area contributed by atoms with Crippen LogP contribution in [0.15, 0.2) is 48.5 Å². The van der Waals surface area contributed by atoms with Gasteiger partial charge in [-0.3, -0.25) is 4.79 Å². The van der Waals surface area contributed by atoms with Crippen LogP contribution in [0.2, 0.25) is 0 Å². The van der Waals surface area contributed by atoms with Crippen LogP contribution in [0.25, 0.3) is 0 Å². The fourth-order valence-corrected chi connectivity index (χ4v) is 3.90. The van der Waals surface area contributed by atoms with E-state index in [-0.39, 0.29) is 23.6 Å². The largest absolute Gasteiger partial charge is 0.416 e. The van der Waals surface area contributed by atoms with Gasteiger partial charge in [0.15, 0.2) is 0 Å². The Kier molecular flexibility index (Phi) is 6.64. The van der Waals surface area contributed by atoms with Gasteiger partial charge in [0.05, 0.1) is 17.5 Å². The molecule has 0 spiro atoms. The summed E-state index contributed by atoms with van der Waals surface area (Å²) < 4.78 is 78.2. The molecule has 1 fully saturated rings. The third-order valence-corrected chi connectivity index (χ3v) is 5.58. The van der Waals surface area contributed by atoms with E-state index in [9.17, 15) is 31.1 Å². The van der Waals surface area contributed by atoms with E-state index in [0.717, 1.165) is 31.5 Å². The van der Waals surface area contributed by atoms with Crippen LogP contribution in [0.3, 0.4) is 0 Å². The van der Waals surface area contributed by atoms with Crippen molar-refractivity contribution in [2.24, 2.45) is 0 Å². The Balaban J connectivity index is 1.77. The molecule has 1 heterocycles. The summed E-state index contributed by atoms with van der Waals surface area (Å²) in [7, 11) is 0. The van der Waals surface area contributed by atoms with Gasteiger partial charge in [-0.25, -0.2) is 0 Å². The summed E-state index contributed by atoms with van der Waals surface area (Å²) in [6.45, 7) is 1.74. The maximum atomic E-state index is 13.0. The van der Waals surface area contributed by atoms with Crippen LogP contribution in [0, 0.1) is 0 Å². The van der Waals surface area contributed by atoms with Crippen molar-refractivity contribution >= 4 is 5.91 Å². The predicted octanol–water partition coefficient (Wildman–Crippen LogP) is 4.70. The van der Waals surface area contributed by atoms with Crippen LogP contribution >= 0.6 is 0 Å². The number of nitrogens with one attached hydrogen (secondary N) is 2. The average Bonchev–Trinajstić information content (AvgIpc) is 2.72. The minimum atomic E-state index is -4.95.